The Balaban J connectivity index is 1.99. The lowest BCUT2D eigenvalue weighted by Crippen LogP contribution is -2.45. The summed E-state index contributed by atoms with van der Waals surface area (Å²) in [7, 11) is 0. The molecular weight excluding hydrogens is 408 g/mol. The van der Waals surface area contributed by atoms with Crippen molar-refractivity contribution in [2.45, 2.75) is 51.3 Å². The summed E-state index contributed by atoms with van der Waals surface area (Å²) in [5, 5.41) is 10.8. The predicted octanol–water partition coefficient (Wildman–Crippen LogP) is 2.33. The third-order valence-corrected chi connectivity index (χ3v) is 5.71. The summed E-state index contributed by atoms with van der Waals surface area (Å²) < 4.78 is 0. The number of aliphatic carboxylic acids is 1. The number of carbonyl (C=O) groups is 5. The van der Waals surface area contributed by atoms with Gasteiger partial charge in [0.25, 0.3) is 11.8 Å². The summed E-state index contributed by atoms with van der Waals surface area (Å²) in [6, 6.07) is 5.53. The SMILES string of the molecule is CC(=O)SC(CCCN1C(=O)c2ccccc2C1=O)C(=O)N[C@@H](CC(C)C)C(=O)O. The molecule has 0 radical (unpaired) electrons. The molecular formula is C21H26N2O6S. The minimum atomic E-state index is -1.13. The van der Waals surface area contributed by atoms with Crippen molar-refractivity contribution in [3.05, 3.63) is 35.4 Å². The highest BCUT2D eigenvalue weighted by Gasteiger charge is 2.35. The van der Waals surface area contributed by atoms with Crippen molar-refractivity contribution in [3.63, 3.8) is 0 Å². The number of hydrogen-bond donors (Lipinski definition) is 2. The fourth-order valence-corrected chi connectivity index (χ4v) is 4.14. The Morgan fingerprint density at radius 2 is 1.67 bits per heavy atom. The Bertz CT molecular complexity index is 819. The van der Waals surface area contributed by atoms with Gasteiger partial charge in [-0.2, -0.15) is 0 Å². The lowest BCUT2D eigenvalue weighted by atomic mass is 10.0. The maximum absolute atomic E-state index is 12.6. The smallest absolute Gasteiger partial charge is 0.326 e. The van der Waals surface area contributed by atoms with Crippen LogP contribution in [0.4, 0.5) is 0 Å². The quantitative estimate of drug-likeness (QED) is 0.542. The van der Waals surface area contributed by atoms with E-state index in [0.717, 1.165) is 16.7 Å². The number of imide groups is 1. The summed E-state index contributed by atoms with van der Waals surface area (Å²) in [5.41, 5.74) is 0.709. The van der Waals surface area contributed by atoms with Crippen LogP contribution >= 0.6 is 11.8 Å². The number of thioether (sulfide) groups is 1. The minimum Gasteiger partial charge on any atom is -0.480 e. The summed E-state index contributed by atoms with van der Waals surface area (Å²) >= 11 is 0.819. The van der Waals surface area contributed by atoms with Crippen LogP contribution in [-0.2, 0) is 14.4 Å². The third kappa shape index (κ3) is 5.91. The fourth-order valence-electron chi connectivity index (χ4n) is 3.28. The molecule has 0 spiro atoms. The number of fused-ring (bicyclic) bond motifs is 1. The van der Waals surface area contributed by atoms with Crippen LogP contribution in [-0.4, -0.2) is 56.6 Å². The Hall–Kier alpha value is -2.68. The van der Waals surface area contributed by atoms with E-state index in [1.165, 1.54) is 6.92 Å². The van der Waals surface area contributed by atoms with Crippen molar-refractivity contribution in [1.82, 2.24) is 10.2 Å². The number of carboxylic acid groups (broad SMARTS) is 1. The molecule has 0 bridgehead atoms. The van der Waals surface area contributed by atoms with Gasteiger partial charge in [0.15, 0.2) is 5.12 Å². The van der Waals surface area contributed by atoms with Gasteiger partial charge in [-0.25, -0.2) is 4.79 Å². The molecule has 1 aliphatic heterocycles. The number of nitrogens with zero attached hydrogens (tertiary/aromatic N) is 1. The van der Waals surface area contributed by atoms with Crippen molar-refractivity contribution < 1.29 is 29.1 Å². The first kappa shape index (κ1) is 23.6. The van der Waals surface area contributed by atoms with Gasteiger partial charge in [-0.3, -0.25) is 24.1 Å². The maximum Gasteiger partial charge on any atom is 0.326 e. The molecule has 0 fully saturated rings. The topological polar surface area (TPSA) is 121 Å². The largest absolute Gasteiger partial charge is 0.480 e. The molecule has 0 saturated carbocycles. The second-order valence-corrected chi connectivity index (χ2v) is 8.96. The van der Waals surface area contributed by atoms with E-state index in [1.807, 2.05) is 13.8 Å². The zero-order valence-corrected chi connectivity index (χ0v) is 18.0. The van der Waals surface area contributed by atoms with Gasteiger partial charge >= 0.3 is 5.97 Å². The molecule has 0 aliphatic carbocycles. The van der Waals surface area contributed by atoms with Crippen molar-refractivity contribution >= 4 is 40.6 Å². The van der Waals surface area contributed by atoms with Crippen LogP contribution in [0.25, 0.3) is 0 Å². The molecule has 1 aromatic carbocycles. The predicted molar refractivity (Wildman–Crippen MR) is 112 cm³/mol. The van der Waals surface area contributed by atoms with Gasteiger partial charge in [0.1, 0.15) is 6.04 Å². The van der Waals surface area contributed by atoms with E-state index in [4.69, 9.17) is 0 Å². The number of carbonyl (C=O) groups excluding carboxylic acids is 4. The van der Waals surface area contributed by atoms with E-state index < -0.39 is 23.2 Å². The molecule has 9 heteroatoms. The first-order chi connectivity index (χ1) is 14.1. The van der Waals surface area contributed by atoms with Crippen molar-refractivity contribution in [1.29, 1.82) is 0 Å². The zero-order valence-electron chi connectivity index (χ0n) is 17.2. The van der Waals surface area contributed by atoms with E-state index in [2.05, 4.69) is 5.32 Å². The number of rotatable bonds is 10. The molecule has 2 N–H and O–H groups in total. The molecule has 30 heavy (non-hydrogen) atoms. The van der Waals surface area contributed by atoms with Crippen LogP contribution < -0.4 is 5.32 Å². The van der Waals surface area contributed by atoms with E-state index in [9.17, 15) is 29.1 Å². The van der Waals surface area contributed by atoms with Gasteiger partial charge in [0.2, 0.25) is 5.91 Å². The highest BCUT2D eigenvalue weighted by Crippen LogP contribution is 2.24. The van der Waals surface area contributed by atoms with Gasteiger partial charge < -0.3 is 10.4 Å². The second-order valence-electron chi connectivity index (χ2n) is 7.58. The highest BCUT2D eigenvalue weighted by molar-refractivity contribution is 8.14. The van der Waals surface area contributed by atoms with E-state index >= 15 is 0 Å². The number of benzene rings is 1. The van der Waals surface area contributed by atoms with Gasteiger partial charge in [-0.1, -0.05) is 37.7 Å². The van der Waals surface area contributed by atoms with Crippen LogP contribution in [0.3, 0.4) is 0 Å². The summed E-state index contributed by atoms with van der Waals surface area (Å²) in [6.07, 6.45) is 0.802. The first-order valence-corrected chi connectivity index (χ1v) is 10.6. The van der Waals surface area contributed by atoms with E-state index in [-0.39, 0.29) is 42.2 Å². The number of hydrogen-bond acceptors (Lipinski definition) is 6. The lowest BCUT2D eigenvalue weighted by Gasteiger charge is -2.21. The van der Waals surface area contributed by atoms with Crippen LogP contribution in [0.15, 0.2) is 24.3 Å². The Morgan fingerprint density at radius 1 is 1.10 bits per heavy atom. The summed E-state index contributed by atoms with van der Waals surface area (Å²) in [6.45, 7) is 5.15. The Kier molecular flexibility index (Phi) is 8.16. The third-order valence-electron chi connectivity index (χ3n) is 4.65. The molecule has 0 saturated heterocycles. The molecule has 1 aromatic rings. The monoisotopic (exact) mass is 434 g/mol. The molecule has 8 nitrogen and oxygen atoms in total. The van der Waals surface area contributed by atoms with Crippen LogP contribution in [0.5, 0.6) is 0 Å². The summed E-state index contributed by atoms with van der Waals surface area (Å²) in [5.74, 6) is -2.35. The van der Waals surface area contributed by atoms with E-state index in [1.54, 1.807) is 24.3 Å². The molecule has 2 rings (SSSR count). The van der Waals surface area contributed by atoms with Gasteiger partial charge in [-0.05, 0) is 37.3 Å². The first-order valence-electron chi connectivity index (χ1n) is 9.77. The van der Waals surface area contributed by atoms with Crippen molar-refractivity contribution in [3.8, 4) is 0 Å². The van der Waals surface area contributed by atoms with Crippen LogP contribution in [0.1, 0.15) is 60.7 Å². The van der Waals surface area contributed by atoms with Crippen molar-refractivity contribution in [2.24, 2.45) is 5.92 Å². The molecule has 0 aromatic heterocycles. The van der Waals surface area contributed by atoms with Crippen molar-refractivity contribution in [2.75, 3.05) is 6.54 Å². The average molecular weight is 435 g/mol. The molecule has 162 valence electrons. The Morgan fingerprint density at radius 3 is 2.13 bits per heavy atom. The van der Waals surface area contributed by atoms with Gasteiger partial charge in [0, 0.05) is 13.5 Å². The van der Waals surface area contributed by atoms with Gasteiger partial charge in [0.05, 0.1) is 16.4 Å². The molecule has 1 unspecified atom stereocenters. The lowest BCUT2D eigenvalue weighted by molar-refractivity contribution is -0.142. The molecule has 2 atom stereocenters. The zero-order chi connectivity index (χ0) is 22.4. The maximum atomic E-state index is 12.6. The van der Waals surface area contributed by atoms with Crippen LogP contribution in [0.2, 0.25) is 0 Å². The number of nitrogens with one attached hydrogen (secondary N) is 1. The van der Waals surface area contributed by atoms with Gasteiger partial charge in [-0.15, -0.1) is 0 Å². The average Bonchev–Trinajstić information content (AvgIpc) is 2.91. The number of carboxylic acids is 1. The van der Waals surface area contributed by atoms with Crippen LogP contribution in [0, 0.1) is 5.92 Å². The fraction of sp³-hybridized carbons (Fsp3) is 0.476. The summed E-state index contributed by atoms with van der Waals surface area (Å²) in [4.78, 5) is 61.6. The normalized spacial score (nSPS) is 15.1. The molecule has 3 amide bonds. The number of amides is 3. The van der Waals surface area contributed by atoms with E-state index in [0.29, 0.717) is 17.5 Å². The Labute approximate surface area is 179 Å². The molecule has 1 heterocycles. The molecule has 1 aliphatic rings. The standard InChI is InChI=1S/C21H26N2O6S/c1-12(2)11-16(21(28)29)22-18(25)17(30-13(3)24)9-6-10-23-19(26)14-7-4-5-8-15(14)20(23)27/h4-5,7-8,12,16-17H,6,9-11H2,1-3H3,(H,22,25)(H,28,29)/t16-,17?/m0/s1. The second kappa shape index (κ2) is 10.4. The minimum absolute atomic E-state index is 0.0686. The highest BCUT2D eigenvalue weighted by atomic mass is 32.2.